The predicted octanol–water partition coefficient (Wildman–Crippen LogP) is 2.32. The topological polar surface area (TPSA) is 94.2 Å². The first-order valence-electron chi connectivity index (χ1n) is 8.72. The van der Waals surface area contributed by atoms with Gasteiger partial charge >= 0.3 is 18.2 Å². The Morgan fingerprint density at radius 3 is 2.37 bits per heavy atom. The molecule has 8 heteroatoms. The zero-order chi connectivity index (χ0) is 20.0. The largest absolute Gasteiger partial charge is 0.467 e. The minimum Gasteiger partial charge on any atom is -0.467 e. The average Bonchev–Trinajstić information content (AvgIpc) is 2.56. The molecule has 148 valence electrons. The monoisotopic (exact) mass is 378 g/mol. The van der Waals surface area contributed by atoms with Crippen LogP contribution in [0.2, 0.25) is 0 Å². The van der Waals surface area contributed by atoms with Crippen molar-refractivity contribution >= 4 is 18.2 Å². The van der Waals surface area contributed by atoms with Crippen LogP contribution in [0.4, 0.5) is 9.59 Å². The molecule has 0 radical (unpaired) electrons. The van der Waals surface area contributed by atoms with Crippen LogP contribution in [0.3, 0.4) is 0 Å². The van der Waals surface area contributed by atoms with E-state index in [0.29, 0.717) is 0 Å². The molecule has 1 atom stereocenters. The minimum atomic E-state index is -0.892. The van der Waals surface area contributed by atoms with Crippen LogP contribution >= 0.6 is 0 Å². The first-order valence-corrected chi connectivity index (χ1v) is 8.72. The van der Waals surface area contributed by atoms with E-state index in [-0.39, 0.29) is 25.6 Å². The molecule has 1 saturated heterocycles. The van der Waals surface area contributed by atoms with E-state index in [1.807, 2.05) is 30.3 Å². The van der Waals surface area contributed by atoms with Gasteiger partial charge in [-0.3, -0.25) is 0 Å². The maximum atomic E-state index is 12.0. The maximum Gasteiger partial charge on any atom is 0.410 e. The van der Waals surface area contributed by atoms with Crippen molar-refractivity contribution in [1.29, 1.82) is 0 Å². The zero-order valence-corrected chi connectivity index (χ0v) is 16.1. The van der Waals surface area contributed by atoms with E-state index < -0.39 is 29.8 Å². The number of alkyl carbamates (subject to hydrolysis) is 1. The van der Waals surface area contributed by atoms with E-state index in [4.69, 9.17) is 14.2 Å². The molecule has 1 aromatic carbocycles. The Labute approximate surface area is 158 Å². The van der Waals surface area contributed by atoms with Crippen molar-refractivity contribution < 1.29 is 28.6 Å². The normalized spacial score (nSPS) is 15.3. The lowest BCUT2D eigenvalue weighted by atomic mass is 9.92. The summed E-state index contributed by atoms with van der Waals surface area (Å²) in [5.41, 5.74) is 0.241. The number of methoxy groups -OCH3 is 1. The van der Waals surface area contributed by atoms with Crippen molar-refractivity contribution in [2.45, 2.75) is 39.0 Å². The van der Waals surface area contributed by atoms with Gasteiger partial charge in [-0.15, -0.1) is 0 Å². The number of rotatable bonds is 5. The highest BCUT2D eigenvalue weighted by atomic mass is 16.6. The summed E-state index contributed by atoms with van der Waals surface area (Å²) >= 11 is 0. The van der Waals surface area contributed by atoms with Crippen LogP contribution in [-0.2, 0) is 25.6 Å². The van der Waals surface area contributed by atoms with Crippen LogP contribution in [0, 0.1) is 5.92 Å². The SMILES string of the molecule is COC(=O)[C@H](NC(=O)OCc1ccccc1)C1CN(C(=O)OC(C)(C)C)C1. The molecule has 1 heterocycles. The third-order valence-corrected chi connectivity index (χ3v) is 3.97. The molecule has 1 N–H and O–H groups in total. The second kappa shape index (κ2) is 8.75. The van der Waals surface area contributed by atoms with E-state index in [1.165, 1.54) is 12.0 Å². The fraction of sp³-hybridized carbons (Fsp3) is 0.526. The second-order valence-electron chi connectivity index (χ2n) is 7.35. The fourth-order valence-corrected chi connectivity index (χ4v) is 2.59. The first-order chi connectivity index (χ1) is 12.7. The average molecular weight is 378 g/mol. The maximum absolute atomic E-state index is 12.0. The van der Waals surface area contributed by atoms with Gasteiger partial charge in [-0.25, -0.2) is 14.4 Å². The van der Waals surface area contributed by atoms with Crippen LogP contribution < -0.4 is 5.32 Å². The summed E-state index contributed by atoms with van der Waals surface area (Å²) in [6, 6.07) is 8.31. The number of likely N-dealkylation sites (tertiary alicyclic amines) is 1. The molecule has 27 heavy (non-hydrogen) atoms. The van der Waals surface area contributed by atoms with Gasteiger partial charge in [0.1, 0.15) is 18.2 Å². The van der Waals surface area contributed by atoms with Crippen LogP contribution in [0.1, 0.15) is 26.3 Å². The first kappa shape index (κ1) is 20.5. The number of nitrogens with one attached hydrogen (secondary N) is 1. The van der Waals surface area contributed by atoms with Crippen molar-refractivity contribution in [1.82, 2.24) is 10.2 Å². The van der Waals surface area contributed by atoms with E-state index >= 15 is 0 Å². The number of esters is 1. The molecule has 0 aromatic heterocycles. The highest BCUT2D eigenvalue weighted by molar-refractivity contribution is 5.82. The molecule has 0 unspecified atom stereocenters. The van der Waals surface area contributed by atoms with Gasteiger partial charge < -0.3 is 24.4 Å². The van der Waals surface area contributed by atoms with Gasteiger partial charge in [0.05, 0.1) is 7.11 Å². The van der Waals surface area contributed by atoms with Gasteiger partial charge in [0, 0.05) is 19.0 Å². The highest BCUT2D eigenvalue weighted by Crippen LogP contribution is 2.23. The fourth-order valence-electron chi connectivity index (χ4n) is 2.59. The third-order valence-electron chi connectivity index (χ3n) is 3.97. The van der Waals surface area contributed by atoms with Crippen molar-refractivity contribution in [3.05, 3.63) is 35.9 Å². The molecule has 2 amide bonds. The van der Waals surface area contributed by atoms with Crippen LogP contribution in [-0.4, -0.2) is 54.9 Å². The molecule has 0 saturated carbocycles. The van der Waals surface area contributed by atoms with Crippen molar-refractivity contribution in [2.75, 3.05) is 20.2 Å². The van der Waals surface area contributed by atoms with Crippen molar-refractivity contribution in [2.24, 2.45) is 5.92 Å². The number of benzene rings is 1. The Morgan fingerprint density at radius 2 is 1.81 bits per heavy atom. The summed E-state index contributed by atoms with van der Waals surface area (Å²) in [6.07, 6.45) is -1.17. The number of carbonyl (C=O) groups is 3. The quantitative estimate of drug-likeness (QED) is 0.624. The smallest absolute Gasteiger partial charge is 0.410 e. The van der Waals surface area contributed by atoms with Crippen LogP contribution in [0.15, 0.2) is 30.3 Å². The Kier molecular flexibility index (Phi) is 6.65. The summed E-state index contributed by atoms with van der Waals surface area (Å²) in [5.74, 6) is -0.852. The van der Waals surface area contributed by atoms with Crippen LogP contribution in [0.25, 0.3) is 0 Å². The standard InChI is InChI=1S/C19H26N2O6/c1-19(2,3)27-18(24)21-10-14(11-21)15(16(22)25-4)20-17(23)26-12-13-8-6-5-7-9-13/h5-9,14-15H,10-12H2,1-4H3,(H,20,23)/t15-/m1/s1. The number of hydrogen-bond donors (Lipinski definition) is 1. The van der Waals surface area contributed by atoms with Gasteiger partial charge in [-0.05, 0) is 26.3 Å². The molecular weight excluding hydrogens is 352 g/mol. The minimum absolute atomic E-state index is 0.0925. The summed E-state index contributed by atoms with van der Waals surface area (Å²) in [6.45, 7) is 6.01. The Bertz CT molecular complexity index is 665. The molecule has 2 rings (SSSR count). The number of hydrogen-bond acceptors (Lipinski definition) is 6. The van der Waals surface area contributed by atoms with Gasteiger partial charge in [0.15, 0.2) is 0 Å². The molecule has 1 fully saturated rings. The molecule has 8 nitrogen and oxygen atoms in total. The van der Waals surface area contributed by atoms with E-state index in [1.54, 1.807) is 20.8 Å². The number of nitrogens with zero attached hydrogens (tertiary/aromatic N) is 1. The molecule has 1 aliphatic heterocycles. The summed E-state index contributed by atoms with van der Waals surface area (Å²) in [5, 5.41) is 2.53. The lowest BCUT2D eigenvalue weighted by Crippen LogP contribution is -2.61. The highest BCUT2D eigenvalue weighted by Gasteiger charge is 2.42. The summed E-state index contributed by atoms with van der Waals surface area (Å²) in [4.78, 5) is 37.6. The van der Waals surface area contributed by atoms with E-state index in [2.05, 4.69) is 5.32 Å². The summed E-state index contributed by atoms with van der Waals surface area (Å²) < 4.78 is 15.2. The number of carbonyl (C=O) groups excluding carboxylic acids is 3. The second-order valence-corrected chi connectivity index (χ2v) is 7.35. The molecule has 1 aromatic rings. The van der Waals surface area contributed by atoms with Crippen molar-refractivity contribution in [3.63, 3.8) is 0 Å². The Hall–Kier alpha value is -2.77. The Morgan fingerprint density at radius 1 is 1.19 bits per heavy atom. The Balaban J connectivity index is 1.86. The number of amides is 2. The number of ether oxygens (including phenoxy) is 3. The van der Waals surface area contributed by atoms with Crippen LogP contribution in [0.5, 0.6) is 0 Å². The summed E-state index contributed by atoms with van der Waals surface area (Å²) in [7, 11) is 1.25. The zero-order valence-electron chi connectivity index (χ0n) is 16.1. The van der Waals surface area contributed by atoms with Gasteiger partial charge in [-0.2, -0.15) is 0 Å². The molecule has 0 bridgehead atoms. The van der Waals surface area contributed by atoms with Crippen molar-refractivity contribution in [3.8, 4) is 0 Å². The van der Waals surface area contributed by atoms with Gasteiger partial charge in [0.2, 0.25) is 0 Å². The molecule has 0 aliphatic carbocycles. The molecule has 0 spiro atoms. The molecular formula is C19H26N2O6. The molecule has 1 aliphatic rings. The van der Waals surface area contributed by atoms with Gasteiger partial charge in [0.25, 0.3) is 0 Å². The third kappa shape index (κ3) is 6.16. The lowest BCUT2D eigenvalue weighted by Gasteiger charge is -2.42. The lowest BCUT2D eigenvalue weighted by molar-refractivity contribution is -0.146. The van der Waals surface area contributed by atoms with Gasteiger partial charge in [-0.1, -0.05) is 30.3 Å². The van der Waals surface area contributed by atoms with E-state index in [9.17, 15) is 14.4 Å². The predicted molar refractivity (Wildman–Crippen MR) is 96.9 cm³/mol. The van der Waals surface area contributed by atoms with E-state index in [0.717, 1.165) is 5.56 Å².